The molecule has 2 aromatic rings. The first-order valence-corrected chi connectivity index (χ1v) is 12.2. The SMILES string of the molecule is CC(C)c1ccc(OCC(=O)NCCS(=O)(=O)N2CCN(c3ccccc3)CC2)cc1. The standard InChI is InChI=1S/C23H31N3O4S/c1-19(2)20-8-10-22(11-9-20)30-18-23(27)24-12-17-31(28,29)26-15-13-25(14-16-26)21-6-4-3-5-7-21/h3-11,19H,12-18H2,1-2H3,(H,24,27). The molecule has 1 amide bonds. The van der Waals surface area contributed by atoms with Gasteiger partial charge in [0.05, 0.1) is 5.75 Å². The van der Waals surface area contributed by atoms with Crippen molar-refractivity contribution in [2.24, 2.45) is 0 Å². The van der Waals surface area contributed by atoms with E-state index in [0.29, 0.717) is 37.8 Å². The minimum Gasteiger partial charge on any atom is -0.484 e. The van der Waals surface area contributed by atoms with E-state index in [0.717, 1.165) is 5.69 Å². The van der Waals surface area contributed by atoms with Gasteiger partial charge in [-0.1, -0.05) is 44.2 Å². The lowest BCUT2D eigenvalue weighted by molar-refractivity contribution is -0.122. The molecule has 0 unspecified atom stereocenters. The Morgan fingerprint density at radius 3 is 2.26 bits per heavy atom. The lowest BCUT2D eigenvalue weighted by Gasteiger charge is -2.35. The van der Waals surface area contributed by atoms with Gasteiger partial charge in [-0.05, 0) is 35.7 Å². The third kappa shape index (κ3) is 6.70. The number of ether oxygens (including phenoxy) is 1. The molecule has 168 valence electrons. The molecule has 1 saturated heterocycles. The number of piperazine rings is 1. The summed E-state index contributed by atoms with van der Waals surface area (Å²) in [6.07, 6.45) is 0. The maximum absolute atomic E-state index is 12.6. The Labute approximate surface area is 185 Å². The van der Waals surface area contributed by atoms with Crippen molar-refractivity contribution in [3.05, 3.63) is 60.2 Å². The highest BCUT2D eigenvalue weighted by molar-refractivity contribution is 7.89. The monoisotopic (exact) mass is 445 g/mol. The molecule has 1 aliphatic rings. The summed E-state index contributed by atoms with van der Waals surface area (Å²) in [7, 11) is -3.41. The number of amides is 1. The molecular formula is C23H31N3O4S. The van der Waals surface area contributed by atoms with Gasteiger partial charge in [0.15, 0.2) is 6.61 Å². The Balaban J connectivity index is 1.38. The van der Waals surface area contributed by atoms with Crippen LogP contribution in [0.3, 0.4) is 0 Å². The average Bonchev–Trinajstić information content (AvgIpc) is 2.78. The fourth-order valence-electron chi connectivity index (χ4n) is 3.46. The Morgan fingerprint density at radius 2 is 1.65 bits per heavy atom. The van der Waals surface area contributed by atoms with Crippen LogP contribution >= 0.6 is 0 Å². The summed E-state index contributed by atoms with van der Waals surface area (Å²) in [6.45, 7) is 6.34. The molecule has 1 heterocycles. The largest absolute Gasteiger partial charge is 0.484 e. The van der Waals surface area contributed by atoms with Crippen LogP contribution in [0.1, 0.15) is 25.3 Å². The van der Waals surface area contributed by atoms with Gasteiger partial charge < -0.3 is 15.0 Å². The molecule has 0 aliphatic carbocycles. The van der Waals surface area contributed by atoms with Crippen LogP contribution in [0.25, 0.3) is 0 Å². The molecule has 1 aliphatic heterocycles. The number of hydrogen-bond donors (Lipinski definition) is 1. The van der Waals surface area contributed by atoms with Crippen LogP contribution in [-0.2, 0) is 14.8 Å². The molecule has 0 bridgehead atoms. The third-order valence-electron chi connectivity index (χ3n) is 5.35. The molecule has 8 heteroatoms. The first kappa shape index (κ1) is 23.1. The Morgan fingerprint density at radius 1 is 1.00 bits per heavy atom. The quantitative estimate of drug-likeness (QED) is 0.642. The summed E-state index contributed by atoms with van der Waals surface area (Å²) in [4.78, 5) is 14.2. The molecule has 0 spiro atoms. The van der Waals surface area contributed by atoms with E-state index in [2.05, 4.69) is 24.1 Å². The zero-order valence-electron chi connectivity index (χ0n) is 18.2. The van der Waals surface area contributed by atoms with Crippen molar-refractivity contribution in [2.45, 2.75) is 19.8 Å². The maximum atomic E-state index is 12.6. The number of anilines is 1. The van der Waals surface area contributed by atoms with Crippen molar-refractivity contribution < 1.29 is 17.9 Å². The summed E-state index contributed by atoms with van der Waals surface area (Å²) in [5.41, 5.74) is 2.30. The molecule has 31 heavy (non-hydrogen) atoms. The highest BCUT2D eigenvalue weighted by atomic mass is 32.2. The number of nitrogens with one attached hydrogen (secondary N) is 1. The van der Waals surface area contributed by atoms with Crippen molar-refractivity contribution in [1.82, 2.24) is 9.62 Å². The van der Waals surface area contributed by atoms with Crippen LogP contribution in [0.2, 0.25) is 0 Å². The summed E-state index contributed by atoms with van der Waals surface area (Å²) in [5, 5.41) is 2.63. The minimum absolute atomic E-state index is 0.0652. The first-order valence-electron chi connectivity index (χ1n) is 10.6. The van der Waals surface area contributed by atoms with Gasteiger partial charge in [0.2, 0.25) is 10.0 Å². The molecule has 0 aromatic heterocycles. The number of nitrogens with zero attached hydrogens (tertiary/aromatic N) is 2. The molecule has 1 fully saturated rings. The number of para-hydroxylation sites is 1. The lowest BCUT2D eigenvalue weighted by Crippen LogP contribution is -2.50. The Bertz CT molecular complexity index is 939. The van der Waals surface area contributed by atoms with Gasteiger partial charge in [-0.15, -0.1) is 0 Å². The minimum atomic E-state index is -3.41. The van der Waals surface area contributed by atoms with Gasteiger partial charge in [-0.2, -0.15) is 4.31 Å². The summed E-state index contributed by atoms with van der Waals surface area (Å²) in [6, 6.07) is 17.6. The van der Waals surface area contributed by atoms with Crippen molar-refractivity contribution in [3.63, 3.8) is 0 Å². The smallest absolute Gasteiger partial charge is 0.257 e. The summed E-state index contributed by atoms with van der Waals surface area (Å²) in [5.74, 6) is 0.591. The summed E-state index contributed by atoms with van der Waals surface area (Å²) >= 11 is 0. The molecule has 7 nitrogen and oxygen atoms in total. The molecule has 2 aromatic carbocycles. The zero-order chi connectivity index (χ0) is 22.3. The Kier molecular flexibility index (Phi) is 7.92. The first-order chi connectivity index (χ1) is 14.8. The second-order valence-corrected chi connectivity index (χ2v) is 9.99. The second-order valence-electron chi connectivity index (χ2n) is 7.90. The van der Waals surface area contributed by atoms with E-state index < -0.39 is 10.0 Å². The number of rotatable bonds is 9. The number of carbonyl (C=O) groups excluding carboxylic acids is 1. The Hall–Kier alpha value is -2.58. The van der Waals surface area contributed by atoms with Crippen LogP contribution in [-0.4, -0.2) is 63.7 Å². The number of hydrogen-bond acceptors (Lipinski definition) is 5. The van der Waals surface area contributed by atoms with Gasteiger partial charge in [-0.25, -0.2) is 8.42 Å². The number of benzene rings is 2. The summed E-state index contributed by atoms with van der Waals surface area (Å²) < 4.78 is 32.2. The second kappa shape index (κ2) is 10.6. The number of sulfonamides is 1. The normalized spacial score (nSPS) is 15.1. The maximum Gasteiger partial charge on any atom is 0.257 e. The molecule has 0 radical (unpaired) electrons. The highest BCUT2D eigenvalue weighted by Gasteiger charge is 2.26. The predicted octanol–water partition coefficient (Wildman–Crippen LogP) is 2.46. The van der Waals surface area contributed by atoms with E-state index >= 15 is 0 Å². The van der Waals surface area contributed by atoms with E-state index in [1.807, 2.05) is 54.6 Å². The van der Waals surface area contributed by atoms with Gasteiger partial charge >= 0.3 is 0 Å². The van der Waals surface area contributed by atoms with Crippen molar-refractivity contribution in [1.29, 1.82) is 0 Å². The van der Waals surface area contributed by atoms with Crippen molar-refractivity contribution in [2.75, 3.05) is 50.0 Å². The van der Waals surface area contributed by atoms with Crippen LogP contribution in [0, 0.1) is 0 Å². The van der Waals surface area contributed by atoms with E-state index in [1.54, 1.807) is 0 Å². The van der Waals surface area contributed by atoms with E-state index in [4.69, 9.17) is 4.74 Å². The zero-order valence-corrected chi connectivity index (χ0v) is 19.0. The molecular weight excluding hydrogens is 414 g/mol. The number of carbonyl (C=O) groups is 1. The molecule has 3 rings (SSSR count). The van der Waals surface area contributed by atoms with Gasteiger partial charge in [0, 0.05) is 38.4 Å². The highest BCUT2D eigenvalue weighted by Crippen LogP contribution is 2.19. The lowest BCUT2D eigenvalue weighted by atomic mass is 10.0. The van der Waals surface area contributed by atoms with Crippen LogP contribution in [0.15, 0.2) is 54.6 Å². The van der Waals surface area contributed by atoms with Crippen LogP contribution in [0.5, 0.6) is 5.75 Å². The fourth-order valence-corrected chi connectivity index (χ4v) is 4.80. The van der Waals surface area contributed by atoms with E-state index in [9.17, 15) is 13.2 Å². The van der Waals surface area contributed by atoms with Crippen molar-refractivity contribution >= 4 is 21.6 Å². The van der Waals surface area contributed by atoms with Gasteiger partial charge in [0.1, 0.15) is 5.75 Å². The predicted molar refractivity (Wildman–Crippen MR) is 123 cm³/mol. The van der Waals surface area contributed by atoms with Crippen LogP contribution < -0.4 is 15.0 Å². The van der Waals surface area contributed by atoms with Crippen LogP contribution in [0.4, 0.5) is 5.69 Å². The topological polar surface area (TPSA) is 78.9 Å². The third-order valence-corrected chi connectivity index (χ3v) is 7.22. The average molecular weight is 446 g/mol. The van der Waals surface area contributed by atoms with Gasteiger partial charge in [0.25, 0.3) is 5.91 Å². The van der Waals surface area contributed by atoms with Gasteiger partial charge in [-0.3, -0.25) is 4.79 Å². The molecule has 0 saturated carbocycles. The van der Waals surface area contributed by atoms with E-state index in [-0.39, 0.29) is 24.8 Å². The molecule has 1 N–H and O–H groups in total. The molecule has 0 atom stereocenters. The fraction of sp³-hybridized carbons (Fsp3) is 0.435. The van der Waals surface area contributed by atoms with E-state index in [1.165, 1.54) is 9.87 Å². The van der Waals surface area contributed by atoms with Crippen molar-refractivity contribution in [3.8, 4) is 5.75 Å².